The van der Waals surface area contributed by atoms with E-state index in [4.69, 9.17) is 5.73 Å². The fourth-order valence-corrected chi connectivity index (χ4v) is 2.61. The largest absolute Gasteiger partial charge is 0.453 e. The van der Waals surface area contributed by atoms with E-state index < -0.39 is 6.09 Å². The molecule has 0 unspecified atom stereocenters. The number of nitrogens with one attached hydrogen (secondary N) is 1. The van der Waals surface area contributed by atoms with Gasteiger partial charge in [-0.15, -0.1) is 0 Å². The zero-order valence-electron chi connectivity index (χ0n) is 14.0. The third kappa shape index (κ3) is 5.09. The molecule has 0 aliphatic carbocycles. The first-order chi connectivity index (χ1) is 12.0. The lowest BCUT2D eigenvalue weighted by molar-refractivity contribution is 0.103. The van der Waals surface area contributed by atoms with E-state index in [0.29, 0.717) is 33.4 Å². The summed E-state index contributed by atoms with van der Waals surface area (Å²) in [5, 5.41) is 2.89. The number of hydrogen-bond acceptors (Lipinski definition) is 6. The summed E-state index contributed by atoms with van der Waals surface area (Å²) in [4.78, 5) is 28.3. The number of nitrogens with zero attached hydrogens (tertiary/aromatic N) is 1. The first-order valence-electron chi connectivity index (χ1n) is 7.61. The number of nitrogens with two attached hydrogens (primary N) is 1. The molecule has 0 heterocycles. The molecule has 0 fully saturated rings. The topological polar surface area (TPSA) is 93.8 Å². The first kappa shape index (κ1) is 18.5. The smallest absolute Gasteiger partial charge is 0.412 e. The maximum absolute atomic E-state index is 12.6. The van der Waals surface area contributed by atoms with E-state index >= 15 is 0 Å². The van der Waals surface area contributed by atoms with Gasteiger partial charge in [0.1, 0.15) is 0 Å². The summed E-state index contributed by atoms with van der Waals surface area (Å²) in [6.07, 6.45) is -0.616. The molecule has 0 aliphatic rings. The highest BCUT2D eigenvalue weighted by Crippen LogP contribution is 2.26. The van der Waals surface area contributed by atoms with Gasteiger partial charge < -0.3 is 10.5 Å². The molecule has 0 radical (unpaired) electrons. The maximum Gasteiger partial charge on any atom is 0.412 e. The number of anilines is 1. The van der Waals surface area contributed by atoms with Crippen LogP contribution in [-0.4, -0.2) is 29.9 Å². The lowest BCUT2D eigenvalue weighted by Crippen LogP contribution is -2.28. The van der Waals surface area contributed by atoms with Gasteiger partial charge in [-0.1, -0.05) is 49.0 Å². The van der Waals surface area contributed by atoms with Gasteiger partial charge in [0.05, 0.1) is 18.5 Å². The molecule has 0 bridgehead atoms. The number of methoxy groups -OCH3 is 1. The van der Waals surface area contributed by atoms with Gasteiger partial charge in [-0.05, 0) is 24.0 Å². The highest BCUT2D eigenvalue weighted by molar-refractivity contribution is 8.13. The third-order valence-corrected chi connectivity index (χ3v) is 3.98. The van der Waals surface area contributed by atoms with Crippen molar-refractivity contribution in [3.8, 4) is 0 Å². The molecule has 0 saturated carbocycles. The highest BCUT2D eigenvalue weighted by atomic mass is 32.2. The molecule has 1 amide bonds. The van der Waals surface area contributed by atoms with Gasteiger partial charge in [-0.3, -0.25) is 10.1 Å². The molecule has 0 aromatic heterocycles. The van der Waals surface area contributed by atoms with E-state index in [2.05, 4.69) is 15.0 Å². The minimum absolute atomic E-state index is 0.123. The van der Waals surface area contributed by atoms with Crippen LogP contribution in [0, 0.1) is 0 Å². The number of amidine groups is 1. The monoisotopic (exact) mass is 357 g/mol. The Hall–Kier alpha value is -2.80. The van der Waals surface area contributed by atoms with Crippen LogP contribution in [0.5, 0.6) is 0 Å². The predicted molar refractivity (Wildman–Crippen MR) is 101 cm³/mol. The summed E-state index contributed by atoms with van der Waals surface area (Å²) in [5.74, 6) is 0.577. The number of hydrogen-bond donors (Lipinski definition) is 2. The van der Waals surface area contributed by atoms with Gasteiger partial charge in [-0.2, -0.15) is 0 Å². The van der Waals surface area contributed by atoms with Crippen molar-refractivity contribution in [1.82, 2.24) is 5.32 Å². The summed E-state index contributed by atoms with van der Waals surface area (Å²) >= 11 is 1.33. The Morgan fingerprint density at radius 2 is 1.88 bits per heavy atom. The molecule has 0 saturated heterocycles. The summed E-state index contributed by atoms with van der Waals surface area (Å²) in [6, 6.07) is 13.9. The Kier molecular flexibility index (Phi) is 6.59. The van der Waals surface area contributed by atoms with Crippen LogP contribution in [0.4, 0.5) is 16.2 Å². The van der Waals surface area contributed by atoms with Crippen LogP contribution in [0.25, 0.3) is 0 Å². The van der Waals surface area contributed by atoms with Gasteiger partial charge in [-0.25, -0.2) is 9.79 Å². The van der Waals surface area contributed by atoms with Crippen LogP contribution in [0.2, 0.25) is 0 Å². The second kappa shape index (κ2) is 8.89. The van der Waals surface area contributed by atoms with Crippen molar-refractivity contribution in [2.24, 2.45) is 4.99 Å². The summed E-state index contributed by atoms with van der Waals surface area (Å²) < 4.78 is 4.59. The molecule has 0 aliphatic heterocycles. The standard InChI is InChI=1S/C18H19N3O3S/c1-3-25-17(21-18(23)24-2)20-15-11-13(9-10-14(15)19)16(22)12-7-5-4-6-8-12/h4-11H,3,19H2,1-2H3,(H,20,21,23). The highest BCUT2D eigenvalue weighted by Gasteiger charge is 2.12. The molecular weight excluding hydrogens is 338 g/mol. The summed E-state index contributed by atoms with van der Waals surface area (Å²) in [5.41, 5.74) is 7.84. The second-order valence-corrected chi connectivity index (χ2v) is 6.19. The number of alkyl carbamates (subject to hydrolysis) is 1. The van der Waals surface area contributed by atoms with Crippen LogP contribution in [0.15, 0.2) is 53.5 Å². The van der Waals surface area contributed by atoms with Crippen LogP contribution < -0.4 is 11.1 Å². The van der Waals surface area contributed by atoms with E-state index in [-0.39, 0.29) is 5.78 Å². The number of thioether (sulfide) groups is 1. The van der Waals surface area contributed by atoms with Crippen molar-refractivity contribution < 1.29 is 14.3 Å². The van der Waals surface area contributed by atoms with E-state index in [1.807, 2.05) is 13.0 Å². The van der Waals surface area contributed by atoms with Crippen molar-refractivity contribution in [1.29, 1.82) is 0 Å². The normalized spacial score (nSPS) is 11.0. The van der Waals surface area contributed by atoms with Gasteiger partial charge in [0.25, 0.3) is 0 Å². The lowest BCUT2D eigenvalue weighted by atomic mass is 10.0. The number of ketones is 1. The van der Waals surface area contributed by atoms with Crippen LogP contribution in [0.3, 0.4) is 0 Å². The third-order valence-electron chi connectivity index (χ3n) is 3.23. The van der Waals surface area contributed by atoms with Crippen molar-refractivity contribution in [2.75, 3.05) is 18.6 Å². The minimum Gasteiger partial charge on any atom is -0.453 e. The van der Waals surface area contributed by atoms with Crippen molar-refractivity contribution in [3.63, 3.8) is 0 Å². The van der Waals surface area contributed by atoms with Crippen LogP contribution >= 0.6 is 11.8 Å². The number of amides is 1. The SMILES string of the molecule is CCSC(=Nc1cc(C(=O)c2ccccc2)ccc1N)NC(=O)OC. The molecule has 2 aromatic carbocycles. The fraction of sp³-hybridized carbons (Fsp3) is 0.167. The Labute approximate surface area is 150 Å². The van der Waals surface area contributed by atoms with Crippen LogP contribution in [-0.2, 0) is 4.74 Å². The first-order valence-corrected chi connectivity index (χ1v) is 8.59. The second-order valence-electron chi connectivity index (χ2n) is 4.94. The zero-order valence-corrected chi connectivity index (χ0v) is 14.8. The number of rotatable bonds is 4. The van der Waals surface area contributed by atoms with Crippen molar-refractivity contribution in [3.05, 3.63) is 59.7 Å². The van der Waals surface area contributed by atoms with Gasteiger partial charge in [0, 0.05) is 11.1 Å². The average Bonchev–Trinajstić information content (AvgIpc) is 2.63. The van der Waals surface area contributed by atoms with Gasteiger partial charge in [0.15, 0.2) is 11.0 Å². The minimum atomic E-state index is -0.616. The quantitative estimate of drug-likeness (QED) is 0.377. The lowest BCUT2D eigenvalue weighted by Gasteiger charge is -2.09. The van der Waals surface area contributed by atoms with E-state index in [1.165, 1.54) is 18.9 Å². The zero-order chi connectivity index (χ0) is 18.2. The molecule has 2 rings (SSSR count). The molecule has 6 nitrogen and oxygen atoms in total. The Morgan fingerprint density at radius 1 is 1.16 bits per heavy atom. The van der Waals surface area contributed by atoms with Gasteiger partial charge >= 0.3 is 6.09 Å². The number of benzene rings is 2. The number of ether oxygens (including phenoxy) is 1. The van der Waals surface area contributed by atoms with Crippen molar-refractivity contribution in [2.45, 2.75) is 6.92 Å². The van der Waals surface area contributed by atoms with Crippen LogP contribution in [0.1, 0.15) is 22.8 Å². The molecule has 130 valence electrons. The number of carbonyl (C=O) groups excluding carboxylic acids is 2. The summed E-state index contributed by atoms with van der Waals surface area (Å²) in [7, 11) is 1.27. The Morgan fingerprint density at radius 3 is 2.52 bits per heavy atom. The molecule has 3 N–H and O–H groups in total. The molecule has 0 atom stereocenters. The molecule has 0 spiro atoms. The molecular formula is C18H19N3O3S. The van der Waals surface area contributed by atoms with Gasteiger partial charge in [0.2, 0.25) is 0 Å². The predicted octanol–water partition coefficient (Wildman–Crippen LogP) is 3.60. The molecule has 7 heteroatoms. The number of carbonyl (C=O) groups is 2. The Bertz CT molecular complexity index is 791. The summed E-state index contributed by atoms with van der Waals surface area (Å²) in [6.45, 7) is 1.93. The number of aliphatic imine (C=N–C) groups is 1. The molecule has 25 heavy (non-hydrogen) atoms. The van der Waals surface area contributed by atoms with Crippen molar-refractivity contribution >= 4 is 40.2 Å². The number of nitrogen functional groups attached to an aromatic ring is 1. The van der Waals surface area contributed by atoms with E-state index in [0.717, 1.165) is 0 Å². The molecule has 2 aromatic rings. The fourth-order valence-electron chi connectivity index (χ4n) is 2.02. The van der Waals surface area contributed by atoms with E-state index in [1.54, 1.807) is 42.5 Å². The Balaban J connectivity index is 2.35. The van der Waals surface area contributed by atoms with E-state index in [9.17, 15) is 9.59 Å². The average molecular weight is 357 g/mol. The maximum atomic E-state index is 12.6.